The van der Waals surface area contributed by atoms with Gasteiger partial charge in [0.05, 0.1) is 12.8 Å². The van der Waals surface area contributed by atoms with E-state index in [0.717, 1.165) is 30.0 Å². The molecule has 2 rings (SSSR count). The normalized spacial score (nSPS) is 10.4. The summed E-state index contributed by atoms with van der Waals surface area (Å²) in [4.78, 5) is 12.4. The second-order valence-electron chi connectivity index (χ2n) is 4.99. The van der Waals surface area contributed by atoms with Crippen LogP contribution in [0.5, 0.6) is 5.75 Å². The van der Waals surface area contributed by atoms with Crippen LogP contribution in [0.2, 0.25) is 0 Å². The molecule has 0 spiro atoms. The van der Waals surface area contributed by atoms with Crippen molar-refractivity contribution >= 4 is 17.3 Å². The van der Waals surface area contributed by atoms with E-state index in [-0.39, 0.29) is 5.91 Å². The summed E-state index contributed by atoms with van der Waals surface area (Å²) in [5.74, 6) is 0.635. The summed E-state index contributed by atoms with van der Waals surface area (Å²) in [6, 6.07) is 7.24. The van der Waals surface area contributed by atoms with Crippen LogP contribution < -0.4 is 15.8 Å². The third-order valence-corrected chi connectivity index (χ3v) is 3.27. The number of nitrogens with two attached hydrogens (primary N) is 1. The molecule has 0 saturated heterocycles. The van der Waals surface area contributed by atoms with Gasteiger partial charge in [0.2, 0.25) is 0 Å². The van der Waals surface area contributed by atoms with Crippen molar-refractivity contribution in [2.45, 2.75) is 26.8 Å². The molecule has 3 N–H and O–H groups in total. The van der Waals surface area contributed by atoms with Crippen molar-refractivity contribution < 1.29 is 9.53 Å². The molecule has 0 unspecified atom stereocenters. The minimum absolute atomic E-state index is 0.162. The predicted molar refractivity (Wildman–Crippen MR) is 84.8 cm³/mol. The highest BCUT2D eigenvalue weighted by atomic mass is 16.5. The number of aryl methyl sites for hydroxylation is 2. The van der Waals surface area contributed by atoms with Gasteiger partial charge in [0.25, 0.3) is 5.91 Å². The lowest BCUT2D eigenvalue weighted by molar-refractivity contribution is 0.101. The molecule has 1 amide bonds. The topological polar surface area (TPSA) is 69.3 Å². The van der Waals surface area contributed by atoms with Crippen LogP contribution in [0.1, 0.15) is 29.4 Å². The first kappa shape index (κ1) is 15.0. The smallest absolute Gasteiger partial charge is 0.272 e. The fraction of sp³-hybridized carbons (Fsp3) is 0.312. The Morgan fingerprint density at radius 3 is 2.76 bits per heavy atom. The fourth-order valence-corrected chi connectivity index (χ4v) is 2.30. The zero-order chi connectivity index (χ0) is 15.4. The highest BCUT2D eigenvalue weighted by Crippen LogP contribution is 2.22. The second-order valence-corrected chi connectivity index (χ2v) is 4.99. The Kier molecular flexibility index (Phi) is 4.52. The van der Waals surface area contributed by atoms with Gasteiger partial charge in [-0.05, 0) is 43.2 Å². The number of rotatable bonds is 5. The summed E-state index contributed by atoms with van der Waals surface area (Å²) in [5.41, 5.74) is 8.66. The van der Waals surface area contributed by atoms with Crippen LogP contribution in [0.4, 0.5) is 11.4 Å². The average Bonchev–Trinajstić information content (AvgIpc) is 2.80. The van der Waals surface area contributed by atoms with E-state index < -0.39 is 0 Å². The Morgan fingerprint density at radius 1 is 1.38 bits per heavy atom. The van der Waals surface area contributed by atoms with Crippen molar-refractivity contribution in [1.29, 1.82) is 0 Å². The minimum atomic E-state index is -0.162. The van der Waals surface area contributed by atoms with Crippen molar-refractivity contribution in [3.05, 3.63) is 41.7 Å². The maximum absolute atomic E-state index is 12.4. The maximum atomic E-state index is 12.4. The molecule has 112 valence electrons. The van der Waals surface area contributed by atoms with Crippen molar-refractivity contribution in [3.63, 3.8) is 0 Å². The highest BCUT2D eigenvalue weighted by molar-refractivity contribution is 6.03. The van der Waals surface area contributed by atoms with Gasteiger partial charge in [0.1, 0.15) is 11.4 Å². The van der Waals surface area contributed by atoms with Crippen molar-refractivity contribution in [2.75, 3.05) is 18.2 Å². The van der Waals surface area contributed by atoms with Gasteiger partial charge >= 0.3 is 0 Å². The summed E-state index contributed by atoms with van der Waals surface area (Å²) < 4.78 is 7.09. The van der Waals surface area contributed by atoms with Crippen molar-refractivity contribution in [1.82, 2.24) is 4.57 Å². The number of amides is 1. The van der Waals surface area contributed by atoms with Gasteiger partial charge in [-0.2, -0.15) is 0 Å². The molecule has 0 aliphatic rings. The Hall–Kier alpha value is -2.43. The summed E-state index contributed by atoms with van der Waals surface area (Å²) in [7, 11) is 1.63. The first-order chi connectivity index (χ1) is 10.0. The molecule has 0 saturated carbocycles. The Labute approximate surface area is 124 Å². The highest BCUT2D eigenvalue weighted by Gasteiger charge is 2.13. The second kappa shape index (κ2) is 6.35. The van der Waals surface area contributed by atoms with Crippen molar-refractivity contribution in [2.24, 2.45) is 0 Å². The Morgan fingerprint density at radius 2 is 2.14 bits per heavy atom. The van der Waals surface area contributed by atoms with Gasteiger partial charge in [-0.15, -0.1) is 0 Å². The molecule has 5 nitrogen and oxygen atoms in total. The number of hydrogen-bond donors (Lipinski definition) is 2. The van der Waals surface area contributed by atoms with E-state index in [1.54, 1.807) is 19.4 Å². The van der Waals surface area contributed by atoms with Crippen LogP contribution in [0.3, 0.4) is 0 Å². The van der Waals surface area contributed by atoms with E-state index in [4.69, 9.17) is 10.5 Å². The zero-order valence-corrected chi connectivity index (χ0v) is 12.6. The first-order valence-corrected chi connectivity index (χ1v) is 6.96. The number of carbonyl (C=O) groups excluding carboxylic acids is 1. The van der Waals surface area contributed by atoms with Crippen molar-refractivity contribution in [3.8, 4) is 5.75 Å². The van der Waals surface area contributed by atoms with Gasteiger partial charge in [-0.25, -0.2) is 0 Å². The van der Waals surface area contributed by atoms with Crippen LogP contribution in [-0.2, 0) is 6.54 Å². The van der Waals surface area contributed by atoms with E-state index in [1.165, 1.54) is 0 Å². The lowest BCUT2D eigenvalue weighted by Gasteiger charge is -2.10. The molecule has 0 fully saturated rings. The molecule has 0 aliphatic heterocycles. The van der Waals surface area contributed by atoms with E-state index in [2.05, 4.69) is 12.2 Å². The molecule has 1 aromatic heterocycles. The van der Waals surface area contributed by atoms with Crippen LogP contribution in [0, 0.1) is 6.92 Å². The lowest BCUT2D eigenvalue weighted by atomic mass is 10.2. The molecule has 0 aliphatic carbocycles. The molecular formula is C16H21N3O2. The molecule has 0 atom stereocenters. The average molecular weight is 287 g/mol. The molecule has 0 radical (unpaired) electrons. The monoisotopic (exact) mass is 287 g/mol. The number of carbonyl (C=O) groups is 1. The van der Waals surface area contributed by atoms with Crippen LogP contribution in [-0.4, -0.2) is 17.6 Å². The van der Waals surface area contributed by atoms with E-state index in [0.29, 0.717) is 11.4 Å². The van der Waals surface area contributed by atoms with Gasteiger partial charge < -0.3 is 20.4 Å². The molecule has 1 heterocycles. The maximum Gasteiger partial charge on any atom is 0.272 e. The quantitative estimate of drug-likeness (QED) is 0.888. The number of anilines is 2. The minimum Gasteiger partial charge on any atom is -0.496 e. The third kappa shape index (κ3) is 3.37. The lowest BCUT2D eigenvalue weighted by Crippen LogP contribution is -2.16. The zero-order valence-electron chi connectivity index (χ0n) is 12.6. The third-order valence-electron chi connectivity index (χ3n) is 3.27. The SMILES string of the molecule is CCCn1cc(N)cc1C(=O)Nc1ccc(OC)c(C)c1. The molecule has 0 bridgehead atoms. The fourth-order valence-electron chi connectivity index (χ4n) is 2.30. The van der Waals surface area contributed by atoms with E-state index >= 15 is 0 Å². The number of nitrogens with zero attached hydrogens (tertiary/aromatic N) is 1. The number of aromatic nitrogens is 1. The summed E-state index contributed by atoms with van der Waals surface area (Å²) in [5, 5.41) is 2.89. The van der Waals surface area contributed by atoms with Gasteiger partial charge in [0, 0.05) is 18.4 Å². The van der Waals surface area contributed by atoms with Crippen LogP contribution in [0.25, 0.3) is 0 Å². The van der Waals surface area contributed by atoms with Crippen LogP contribution >= 0.6 is 0 Å². The van der Waals surface area contributed by atoms with Crippen LogP contribution in [0.15, 0.2) is 30.5 Å². The first-order valence-electron chi connectivity index (χ1n) is 6.96. The van der Waals surface area contributed by atoms with Gasteiger partial charge in [-0.1, -0.05) is 6.92 Å². The number of methoxy groups -OCH3 is 1. The number of ether oxygens (including phenoxy) is 1. The number of nitrogen functional groups attached to an aromatic ring is 1. The molecule has 1 aromatic carbocycles. The number of benzene rings is 1. The van der Waals surface area contributed by atoms with E-state index in [1.807, 2.05) is 29.7 Å². The predicted octanol–water partition coefficient (Wildman–Crippen LogP) is 3.05. The summed E-state index contributed by atoms with van der Waals surface area (Å²) in [6.45, 7) is 4.76. The largest absolute Gasteiger partial charge is 0.496 e. The number of nitrogens with one attached hydrogen (secondary N) is 1. The van der Waals surface area contributed by atoms with Gasteiger partial charge in [-0.3, -0.25) is 4.79 Å². The van der Waals surface area contributed by atoms with Gasteiger partial charge in [0.15, 0.2) is 0 Å². The van der Waals surface area contributed by atoms with E-state index in [9.17, 15) is 4.79 Å². The Bertz CT molecular complexity index is 647. The standard InChI is InChI=1S/C16H21N3O2/c1-4-7-19-10-12(17)9-14(19)16(20)18-13-5-6-15(21-3)11(2)8-13/h5-6,8-10H,4,7,17H2,1-3H3,(H,18,20). The number of hydrogen-bond acceptors (Lipinski definition) is 3. The Balaban J connectivity index is 2.19. The molecule has 2 aromatic rings. The summed E-state index contributed by atoms with van der Waals surface area (Å²) >= 11 is 0. The molecular weight excluding hydrogens is 266 g/mol. The molecule has 21 heavy (non-hydrogen) atoms. The molecule has 5 heteroatoms. The summed E-state index contributed by atoms with van der Waals surface area (Å²) in [6.07, 6.45) is 2.73.